The summed E-state index contributed by atoms with van der Waals surface area (Å²) < 4.78 is 36.1. The zero-order chi connectivity index (χ0) is 25.1. The molecular formula is C24H25BrN2O6S. The van der Waals surface area contributed by atoms with Gasteiger partial charge in [0.2, 0.25) is 0 Å². The quantitative estimate of drug-likeness (QED) is 0.243. The highest BCUT2D eigenvalue weighted by atomic mass is 79.9. The first kappa shape index (κ1) is 25.6. The Labute approximate surface area is 207 Å². The second-order valence-electron chi connectivity index (χ2n) is 8.02. The molecule has 0 amide bonds. The zero-order valence-electron chi connectivity index (χ0n) is 19.2. The molecule has 0 bridgehead atoms. The number of aryl methyl sites for hydroxylation is 1. The minimum Gasteiger partial charge on any atom is -0.468 e. The predicted octanol–water partition coefficient (Wildman–Crippen LogP) is 3.86. The van der Waals surface area contributed by atoms with E-state index >= 15 is 0 Å². The summed E-state index contributed by atoms with van der Waals surface area (Å²) in [6, 6.07) is 13.5. The summed E-state index contributed by atoms with van der Waals surface area (Å²) in [6.07, 6.45) is 1.38. The van der Waals surface area contributed by atoms with Crippen LogP contribution in [0.3, 0.4) is 0 Å². The van der Waals surface area contributed by atoms with Gasteiger partial charge in [-0.25, -0.2) is 4.83 Å². The van der Waals surface area contributed by atoms with Crippen molar-refractivity contribution in [1.29, 1.82) is 0 Å². The molecule has 0 aromatic heterocycles. The first-order valence-corrected chi connectivity index (χ1v) is 12.6. The van der Waals surface area contributed by atoms with Crippen LogP contribution in [0.1, 0.15) is 30.4 Å². The summed E-state index contributed by atoms with van der Waals surface area (Å²) in [5.41, 5.74) is 1.11. The number of esters is 2. The molecule has 0 heterocycles. The van der Waals surface area contributed by atoms with E-state index in [1.54, 1.807) is 43.3 Å². The molecule has 0 saturated heterocycles. The fourth-order valence-corrected chi connectivity index (χ4v) is 5.26. The minimum atomic E-state index is -3.90. The smallest absolute Gasteiger partial charge is 0.324 e. The second-order valence-corrected chi connectivity index (χ2v) is 10.6. The molecule has 3 rings (SSSR count). The first-order chi connectivity index (χ1) is 16.1. The van der Waals surface area contributed by atoms with E-state index < -0.39 is 33.3 Å². The van der Waals surface area contributed by atoms with E-state index in [0.717, 1.165) is 10.0 Å². The van der Waals surface area contributed by atoms with Gasteiger partial charge >= 0.3 is 11.9 Å². The van der Waals surface area contributed by atoms with Gasteiger partial charge in [-0.2, -0.15) is 13.5 Å². The summed E-state index contributed by atoms with van der Waals surface area (Å²) in [5, 5.41) is 3.97. The van der Waals surface area contributed by atoms with E-state index in [4.69, 9.17) is 9.47 Å². The summed E-state index contributed by atoms with van der Waals surface area (Å²) in [5.74, 6) is -2.28. The highest BCUT2D eigenvalue weighted by Crippen LogP contribution is 2.53. The van der Waals surface area contributed by atoms with Gasteiger partial charge in [0.1, 0.15) is 0 Å². The maximum atomic E-state index is 13.0. The van der Waals surface area contributed by atoms with Gasteiger partial charge in [-0.15, -0.1) is 0 Å². The summed E-state index contributed by atoms with van der Waals surface area (Å²) in [7, 11) is -1.48. The van der Waals surface area contributed by atoms with Crippen LogP contribution in [0, 0.1) is 12.3 Å². The minimum absolute atomic E-state index is 0.0408. The van der Waals surface area contributed by atoms with Crippen LogP contribution in [0.25, 0.3) is 0 Å². The van der Waals surface area contributed by atoms with Crippen LogP contribution in [0.15, 0.2) is 74.1 Å². The van der Waals surface area contributed by atoms with Crippen molar-refractivity contribution >= 4 is 44.1 Å². The first-order valence-electron chi connectivity index (χ1n) is 10.3. The van der Waals surface area contributed by atoms with Crippen molar-refractivity contribution < 1.29 is 27.5 Å². The number of carbonyl (C=O) groups excluding carboxylic acids is 2. The third-order valence-electron chi connectivity index (χ3n) is 5.85. The lowest BCUT2D eigenvalue weighted by molar-refractivity contribution is -0.169. The molecule has 180 valence electrons. The van der Waals surface area contributed by atoms with Gasteiger partial charge in [-0.05, 0) is 55.7 Å². The maximum absolute atomic E-state index is 13.0. The zero-order valence-corrected chi connectivity index (χ0v) is 21.6. The Morgan fingerprint density at radius 3 is 2.12 bits per heavy atom. The third-order valence-corrected chi connectivity index (χ3v) is 7.62. The largest absolute Gasteiger partial charge is 0.468 e. The average Bonchev–Trinajstić information content (AvgIpc) is 3.11. The standard InChI is InChI=1S/C24H25BrN2O6S/c1-15-5-11-19(12-6-15)34(30,31)27-26-14-20-16(2)13-24(22(28)32-3,23(29)33-4)21(20)17-7-9-18(25)10-8-17/h5-12,14,21,27H,13H2,1-4H3/b26-14+/t21-/m0/s1. The number of halogens is 1. The molecule has 1 atom stereocenters. The van der Waals surface area contributed by atoms with Gasteiger partial charge in [0.05, 0.1) is 25.3 Å². The normalized spacial score (nSPS) is 17.6. The number of carbonyl (C=O) groups is 2. The van der Waals surface area contributed by atoms with Crippen molar-refractivity contribution in [2.45, 2.75) is 31.1 Å². The lowest BCUT2D eigenvalue weighted by atomic mass is 9.71. The molecule has 0 unspecified atom stereocenters. The van der Waals surface area contributed by atoms with Gasteiger partial charge < -0.3 is 9.47 Å². The van der Waals surface area contributed by atoms with Gasteiger partial charge in [0.25, 0.3) is 10.0 Å². The molecule has 8 nitrogen and oxygen atoms in total. The molecule has 1 N–H and O–H groups in total. The Bertz CT molecular complexity index is 1240. The van der Waals surface area contributed by atoms with Crippen molar-refractivity contribution in [3.8, 4) is 0 Å². The molecular weight excluding hydrogens is 524 g/mol. The number of rotatable bonds is 7. The second kappa shape index (κ2) is 10.1. The van der Waals surface area contributed by atoms with Crippen molar-refractivity contribution in [2.75, 3.05) is 14.2 Å². The highest BCUT2D eigenvalue weighted by Gasteiger charge is 2.59. The SMILES string of the molecule is COC(=O)C1(C(=O)OC)CC(C)=C(/C=N/NS(=O)(=O)c2ccc(C)cc2)[C@@H]1c1ccc(Br)cc1. The predicted molar refractivity (Wildman–Crippen MR) is 131 cm³/mol. The number of nitrogens with one attached hydrogen (secondary N) is 1. The van der Waals surface area contributed by atoms with Crippen LogP contribution in [0.4, 0.5) is 0 Å². The lowest BCUT2D eigenvalue weighted by Crippen LogP contribution is -2.44. The Balaban J connectivity index is 2.04. The molecule has 34 heavy (non-hydrogen) atoms. The fraction of sp³-hybridized carbons (Fsp3) is 0.292. The van der Waals surface area contributed by atoms with E-state index in [1.165, 1.54) is 32.6 Å². The number of sulfonamides is 1. The third kappa shape index (κ3) is 4.78. The van der Waals surface area contributed by atoms with Crippen molar-refractivity contribution in [3.63, 3.8) is 0 Å². The summed E-state index contributed by atoms with van der Waals surface area (Å²) in [6.45, 7) is 3.61. The van der Waals surface area contributed by atoms with Gasteiger partial charge in [-0.1, -0.05) is 51.3 Å². The monoisotopic (exact) mass is 548 g/mol. The lowest BCUT2D eigenvalue weighted by Gasteiger charge is -2.31. The number of ether oxygens (including phenoxy) is 2. The van der Waals surface area contributed by atoms with Crippen molar-refractivity contribution in [3.05, 3.63) is 75.3 Å². The molecule has 0 radical (unpaired) electrons. The fourth-order valence-electron chi connectivity index (χ4n) is 4.20. The van der Waals surface area contributed by atoms with E-state index in [9.17, 15) is 18.0 Å². The Hall–Kier alpha value is -2.98. The molecule has 2 aromatic rings. The summed E-state index contributed by atoms with van der Waals surface area (Å²) >= 11 is 3.39. The van der Waals surface area contributed by atoms with Gasteiger partial charge in [0.15, 0.2) is 5.41 Å². The molecule has 10 heteroatoms. The van der Waals surface area contributed by atoms with E-state index in [0.29, 0.717) is 16.7 Å². The van der Waals surface area contributed by atoms with E-state index in [-0.39, 0.29) is 11.3 Å². The number of hydrogen-bond donors (Lipinski definition) is 1. The van der Waals surface area contributed by atoms with Crippen LogP contribution in [-0.2, 0) is 29.1 Å². The number of methoxy groups -OCH3 is 2. The van der Waals surface area contributed by atoms with Crippen LogP contribution >= 0.6 is 15.9 Å². The van der Waals surface area contributed by atoms with E-state index in [1.807, 2.05) is 6.92 Å². The molecule has 0 spiro atoms. The highest BCUT2D eigenvalue weighted by molar-refractivity contribution is 9.10. The van der Waals surface area contributed by atoms with Crippen LogP contribution in [0.2, 0.25) is 0 Å². The van der Waals surface area contributed by atoms with Crippen LogP contribution in [-0.4, -0.2) is 40.8 Å². The number of hydrazone groups is 1. The van der Waals surface area contributed by atoms with Crippen molar-refractivity contribution in [1.82, 2.24) is 4.83 Å². The van der Waals surface area contributed by atoms with Gasteiger partial charge in [-0.3, -0.25) is 9.59 Å². The van der Waals surface area contributed by atoms with Crippen molar-refractivity contribution in [2.24, 2.45) is 10.5 Å². The summed E-state index contributed by atoms with van der Waals surface area (Å²) in [4.78, 5) is 28.3. The Morgan fingerprint density at radius 2 is 1.59 bits per heavy atom. The van der Waals surface area contributed by atoms with E-state index in [2.05, 4.69) is 25.9 Å². The maximum Gasteiger partial charge on any atom is 0.324 e. The van der Waals surface area contributed by atoms with Crippen LogP contribution in [0.5, 0.6) is 0 Å². The molecule has 2 aromatic carbocycles. The van der Waals surface area contributed by atoms with Crippen LogP contribution < -0.4 is 4.83 Å². The Kier molecular flexibility index (Phi) is 7.62. The molecule has 0 aliphatic heterocycles. The van der Waals surface area contributed by atoms with Gasteiger partial charge in [0, 0.05) is 10.4 Å². The number of hydrogen-bond acceptors (Lipinski definition) is 7. The molecule has 1 aliphatic rings. The topological polar surface area (TPSA) is 111 Å². The molecule has 1 aliphatic carbocycles. The number of benzene rings is 2. The average molecular weight is 549 g/mol. The number of allylic oxidation sites excluding steroid dienone is 2. The molecule has 0 fully saturated rings. The Morgan fingerprint density at radius 1 is 1.03 bits per heavy atom. The number of nitrogens with zero attached hydrogens (tertiary/aromatic N) is 1. The molecule has 0 saturated carbocycles.